The smallest absolute Gasteiger partial charge is 0.343 e. The van der Waals surface area contributed by atoms with Crippen molar-refractivity contribution in [2.75, 3.05) is 6.61 Å². The van der Waals surface area contributed by atoms with Gasteiger partial charge in [0.2, 0.25) is 0 Å². The van der Waals surface area contributed by atoms with Crippen LogP contribution in [0.5, 0.6) is 0 Å². The van der Waals surface area contributed by atoms with Crippen LogP contribution in [-0.4, -0.2) is 18.5 Å². The molecule has 0 unspecified atom stereocenters. The lowest BCUT2D eigenvalue weighted by atomic mass is 10.0. The molecule has 2 aromatic rings. The van der Waals surface area contributed by atoms with Gasteiger partial charge in [-0.25, -0.2) is 9.59 Å². The number of aryl methyl sites for hydroxylation is 1. The van der Waals surface area contributed by atoms with E-state index < -0.39 is 11.9 Å². The monoisotopic (exact) mass is 338 g/mol. The number of carbonyl (C=O) groups excluding carboxylic acids is 2. The van der Waals surface area contributed by atoms with Crippen molar-refractivity contribution < 1.29 is 19.1 Å². The second-order valence-electron chi connectivity index (χ2n) is 5.67. The van der Waals surface area contributed by atoms with E-state index in [0.717, 1.165) is 11.1 Å². The molecule has 0 saturated heterocycles. The van der Waals surface area contributed by atoms with Gasteiger partial charge in [-0.05, 0) is 38.5 Å². The van der Waals surface area contributed by atoms with Crippen molar-refractivity contribution >= 4 is 11.9 Å². The first kappa shape index (κ1) is 18.5. The number of esters is 2. The third-order valence-corrected chi connectivity index (χ3v) is 3.70. The third-order valence-electron chi connectivity index (χ3n) is 3.70. The summed E-state index contributed by atoms with van der Waals surface area (Å²) in [5, 5.41) is 0. The Labute approximate surface area is 148 Å². The lowest BCUT2D eigenvalue weighted by Gasteiger charge is -2.12. The molecule has 25 heavy (non-hydrogen) atoms. The summed E-state index contributed by atoms with van der Waals surface area (Å²) in [5.41, 5.74) is 2.78. The average Bonchev–Trinajstić information content (AvgIpc) is 2.61. The number of benzene rings is 2. The van der Waals surface area contributed by atoms with Crippen molar-refractivity contribution in [2.45, 2.75) is 27.2 Å². The van der Waals surface area contributed by atoms with E-state index in [1.54, 1.807) is 26.0 Å². The molecule has 0 bridgehead atoms. The molecule has 130 valence electrons. The largest absolute Gasteiger partial charge is 0.463 e. The van der Waals surface area contributed by atoms with Crippen molar-refractivity contribution in [3.05, 3.63) is 82.6 Å². The van der Waals surface area contributed by atoms with Crippen LogP contribution in [0.15, 0.2) is 65.9 Å². The van der Waals surface area contributed by atoms with Gasteiger partial charge in [-0.15, -0.1) is 0 Å². The Balaban J connectivity index is 2.24. The molecule has 0 aliphatic carbocycles. The number of carbonyl (C=O) groups is 2. The molecule has 0 aliphatic rings. The minimum absolute atomic E-state index is 0.257. The Morgan fingerprint density at radius 3 is 2.20 bits per heavy atom. The Morgan fingerprint density at radius 2 is 1.60 bits per heavy atom. The fraction of sp³-hybridized carbons (Fsp3) is 0.238. The van der Waals surface area contributed by atoms with E-state index in [2.05, 4.69) is 0 Å². The van der Waals surface area contributed by atoms with E-state index in [1.807, 2.05) is 49.4 Å². The molecule has 4 heteroatoms. The first-order valence-corrected chi connectivity index (χ1v) is 8.21. The molecule has 0 N–H and O–H groups in total. The summed E-state index contributed by atoms with van der Waals surface area (Å²) in [5.74, 6) is -0.708. The molecule has 0 radical (unpaired) electrons. The zero-order valence-electron chi connectivity index (χ0n) is 14.7. The maximum atomic E-state index is 12.3. The van der Waals surface area contributed by atoms with Gasteiger partial charge in [0.25, 0.3) is 0 Å². The van der Waals surface area contributed by atoms with Crippen molar-refractivity contribution in [3.63, 3.8) is 0 Å². The van der Waals surface area contributed by atoms with Gasteiger partial charge in [0.05, 0.1) is 17.7 Å². The van der Waals surface area contributed by atoms with Crippen LogP contribution >= 0.6 is 0 Å². The van der Waals surface area contributed by atoms with E-state index in [4.69, 9.17) is 9.47 Å². The Hall–Kier alpha value is -2.88. The molecule has 0 amide bonds. The summed E-state index contributed by atoms with van der Waals surface area (Å²) in [6.45, 7) is 5.56. The van der Waals surface area contributed by atoms with Crippen LogP contribution in [-0.2, 0) is 20.7 Å². The molecule has 0 heterocycles. The van der Waals surface area contributed by atoms with Gasteiger partial charge in [-0.1, -0.05) is 48.0 Å². The second-order valence-corrected chi connectivity index (χ2v) is 5.67. The SMILES string of the molecule is CCOC(=O)/C(Cc1ccccc1)=C(\C)OC(=O)c1ccc(C)cc1. The Kier molecular flexibility index (Phi) is 6.52. The molecular formula is C21H22O4. The predicted octanol–water partition coefficient (Wildman–Crippen LogP) is 4.23. The standard InChI is InChI=1S/C21H22O4/c1-4-24-21(23)19(14-17-8-6-5-7-9-17)16(3)25-20(22)18-12-10-15(2)11-13-18/h5-13H,4,14H2,1-3H3/b19-16+. The van der Waals surface area contributed by atoms with E-state index in [0.29, 0.717) is 17.6 Å². The highest BCUT2D eigenvalue weighted by Crippen LogP contribution is 2.17. The number of hydrogen-bond donors (Lipinski definition) is 0. The predicted molar refractivity (Wildman–Crippen MR) is 96.1 cm³/mol. The minimum atomic E-state index is -0.493. The van der Waals surface area contributed by atoms with Crippen LogP contribution in [0.2, 0.25) is 0 Å². The van der Waals surface area contributed by atoms with E-state index in [9.17, 15) is 9.59 Å². The van der Waals surface area contributed by atoms with Crippen molar-refractivity contribution in [2.24, 2.45) is 0 Å². The number of ether oxygens (including phenoxy) is 2. The van der Waals surface area contributed by atoms with E-state index in [1.165, 1.54) is 0 Å². The number of hydrogen-bond acceptors (Lipinski definition) is 4. The Morgan fingerprint density at radius 1 is 0.960 bits per heavy atom. The van der Waals surface area contributed by atoms with Crippen LogP contribution in [0.3, 0.4) is 0 Å². The second kappa shape index (κ2) is 8.83. The fourth-order valence-corrected chi connectivity index (χ4v) is 2.31. The normalized spacial score (nSPS) is 11.5. The van der Waals surface area contributed by atoms with Gasteiger partial charge in [-0.2, -0.15) is 0 Å². The third kappa shape index (κ3) is 5.31. The van der Waals surface area contributed by atoms with Gasteiger partial charge in [0.15, 0.2) is 0 Å². The van der Waals surface area contributed by atoms with Gasteiger partial charge >= 0.3 is 11.9 Å². The van der Waals surface area contributed by atoms with E-state index >= 15 is 0 Å². The van der Waals surface area contributed by atoms with Crippen LogP contribution in [0.4, 0.5) is 0 Å². The quantitative estimate of drug-likeness (QED) is 0.449. The summed E-state index contributed by atoms with van der Waals surface area (Å²) in [6, 6.07) is 16.6. The maximum Gasteiger partial charge on any atom is 0.343 e. The first-order valence-electron chi connectivity index (χ1n) is 8.21. The highest BCUT2D eigenvalue weighted by atomic mass is 16.5. The summed E-state index contributed by atoms with van der Waals surface area (Å²) >= 11 is 0. The lowest BCUT2D eigenvalue weighted by Crippen LogP contribution is -2.15. The van der Waals surface area contributed by atoms with Gasteiger partial charge in [0, 0.05) is 6.42 Å². The van der Waals surface area contributed by atoms with Crippen molar-refractivity contribution in [3.8, 4) is 0 Å². The molecule has 0 saturated carbocycles. The number of rotatable bonds is 6. The van der Waals surface area contributed by atoms with Crippen LogP contribution in [0, 0.1) is 6.92 Å². The molecule has 0 aliphatic heterocycles. The fourth-order valence-electron chi connectivity index (χ4n) is 2.31. The van der Waals surface area contributed by atoms with Gasteiger partial charge in [0.1, 0.15) is 5.76 Å². The summed E-state index contributed by atoms with van der Waals surface area (Å²) in [4.78, 5) is 24.6. The zero-order valence-corrected chi connectivity index (χ0v) is 14.7. The molecule has 0 spiro atoms. The maximum absolute atomic E-state index is 12.3. The zero-order chi connectivity index (χ0) is 18.2. The minimum Gasteiger partial charge on any atom is -0.463 e. The first-order chi connectivity index (χ1) is 12.0. The summed E-state index contributed by atoms with van der Waals surface area (Å²) < 4.78 is 10.5. The molecule has 4 nitrogen and oxygen atoms in total. The van der Waals surface area contributed by atoms with Gasteiger partial charge in [-0.3, -0.25) is 0 Å². The molecular weight excluding hydrogens is 316 g/mol. The molecule has 0 fully saturated rings. The average molecular weight is 338 g/mol. The van der Waals surface area contributed by atoms with Crippen molar-refractivity contribution in [1.82, 2.24) is 0 Å². The number of allylic oxidation sites excluding steroid dienone is 1. The lowest BCUT2D eigenvalue weighted by molar-refractivity contribution is -0.138. The highest BCUT2D eigenvalue weighted by Gasteiger charge is 2.19. The summed E-state index contributed by atoms with van der Waals surface area (Å²) in [6.07, 6.45) is 0.340. The van der Waals surface area contributed by atoms with Crippen LogP contribution in [0.1, 0.15) is 35.3 Å². The van der Waals surface area contributed by atoms with Gasteiger partial charge < -0.3 is 9.47 Å². The topological polar surface area (TPSA) is 52.6 Å². The Bertz CT molecular complexity index is 758. The molecule has 2 aromatic carbocycles. The molecule has 2 rings (SSSR count). The van der Waals surface area contributed by atoms with Crippen LogP contribution < -0.4 is 0 Å². The van der Waals surface area contributed by atoms with Crippen LogP contribution in [0.25, 0.3) is 0 Å². The molecule has 0 aromatic heterocycles. The highest BCUT2D eigenvalue weighted by molar-refractivity contribution is 5.93. The van der Waals surface area contributed by atoms with Crippen molar-refractivity contribution in [1.29, 1.82) is 0 Å². The summed E-state index contributed by atoms with van der Waals surface area (Å²) in [7, 11) is 0. The van der Waals surface area contributed by atoms with E-state index in [-0.39, 0.29) is 12.4 Å². The molecule has 0 atom stereocenters.